The van der Waals surface area contributed by atoms with Crippen LogP contribution < -0.4 is 5.32 Å². The van der Waals surface area contributed by atoms with Gasteiger partial charge in [0.1, 0.15) is 0 Å². The van der Waals surface area contributed by atoms with E-state index in [1.54, 1.807) is 0 Å². The molecule has 1 aliphatic heterocycles. The van der Waals surface area contributed by atoms with Crippen molar-refractivity contribution in [3.63, 3.8) is 0 Å². The molecule has 94 valence electrons. The molecule has 2 aliphatic rings. The molecule has 16 heavy (non-hydrogen) atoms. The van der Waals surface area contributed by atoms with Gasteiger partial charge in [0.25, 0.3) is 0 Å². The van der Waals surface area contributed by atoms with Crippen LogP contribution in [0.2, 0.25) is 0 Å². The third-order valence-electron chi connectivity index (χ3n) is 4.26. The molecule has 3 nitrogen and oxygen atoms in total. The highest BCUT2D eigenvalue weighted by molar-refractivity contribution is 5.11. The van der Waals surface area contributed by atoms with Gasteiger partial charge in [-0.15, -0.1) is 0 Å². The molecule has 1 saturated carbocycles. The molecule has 0 bridgehead atoms. The Labute approximate surface area is 98.6 Å². The lowest BCUT2D eigenvalue weighted by atomic mass is 9.57. The second kappa shape index (κ2) is 4.28. The largest absolute Gasteiger partial charge is 0.393 e. The number of ether oxygens (including phenoxy) is 1. The van der Waals surface area contributed by atoms with Crippen molar-refractivity contribution in [1.82, 2.24) is 5.32 Å². The van der Waals surface area contributed by atoms with E-state index in [0.29, 0.717) is 24.1 Å². The van der Waals surface area contributed by atoms with Gasteiger partial charge in [-0.3, -0.25) is 0 Å². The van der Waals surface area contributed by atoms with Crippen molar-refractivity contribution in [3.05, 3.63) is 0 Å². The molecule has 0 aromatic rings. The topological polar surface area (TPSA) is 41.5 Å². The summed E-state index contributed by atoms with van der Waals surface area (Å²) >= 11 is 0. The third-order valence-corrected chi connectivity index (χ3v) is 4.26. The zero-order valence-electron chi connectivity index (χ0n) is 10.9. The standard InChI is InChI=1S/C13H25NO2/c1-8(7-9(2)15)14-11-10-5-6-16-12(10)13(11,3)4/h8-12,14-15H,5-7H2,1-4H3. The highest BCUT2D eigenvalue weighted by Gasteiger charge is 2.59. The lowest BCUT2D eigenvalue weighted by molar-refractivity contribution is -0.115. The second-order valence-electron chi connectivity index (χ2n) is 6.20. The Kier molecular flexibility index (Phi) is 3.30. The van der Waals surface area contributed by atoms with Crippen LogP contribution in [0.4, 0.5) is 0 Å². The minimum Gasteiger partial charge on any atom is -0.393 e. The third kappa shape index (κ3) is 2.01. The Bertz CT molecular complexity index is 252. The van der Waals surface area contributed by atoms with Crippen molar-refractivity contribution in [1.29, 1.82) is 0 Å². The molecule has 2 N–H and O–H groups in total. The molecule has 1 heterocycles. The first-order valence-corrected chi connectivity index (χ1v) is 6.48. The lowest BCUT2D eigenvalue weighted by Gasteiger charge is -2.55. The summed E-state index contributed by atoms with van der Waals surface area (Å²) in [6.45, 7) is 9.50. The van der Waals surface area contributed by atoms with Crippen molar-refractivity contribution in [2.45, 2.75) is 64.8 Å². The maximum absolute atomic E-state index is 9.38. The first-order chi connectivity index (χ1) is 7.43. The van der Waals surface area contributed by atoms with Crippen molar-refractivity contribution < 1.29 is 9.84 Å². The average Bonchev–Trinajstić information content (AvgIpc) is 2.59. The molecule has 1 saturated heterocycles. The molecule has 1 aliphatic carbocycles. The van der Waals surface area contributed by atoms with Gasteiger partial charge in [-0.05, 0) is 26.7 Å². The molecule has 0 aromatic carbocycles. The summed E-state index contributed by atoms with van der Waals surface area (Å²) in [4.78, 5) is 0. The predicted molar refractivity (Wildman–Crippen MR) is 64.3 cm³/mol. The van der Waals surface area contributed by atoms with Crippen LogP contribution in [0, 0.1) is 11.3 Å². The van der Waals surface area contributed by atoms with Gasteiger partial charge in [0.2, 0.25) is 0 Å². The van der Waals surface area contributed by atoms with Gasteiger partial charge in [-0.25, -0.2) is 0 Å². The van der Waals surface area contributed by atoms with E-state index in [1.165, 1.54) is 6.42 Å². The Hall–Kier alpha value is -0.120. The molecule has 0 spiro atoms. The SMILES string of the molecule is CC(O)CC(C)NC1C2CCOC2C1(C)C. The zero-order chi connectivity index (χ0) is 11.9. The predicted octanol–water partition coefficient (Wildman–Crippen LogP) is 1.55. The van der Waals surface area contributed by atoms with Gasteiger partial charge < -0.3 is 15.2 Å². The van der Waals surface area contributed by atoms with Gasteiger partial charge in [0, 0.05) is 30.0 Å². The van der Waals surface area contributed by atoms with Crippen molar-refractivity contribution >= 4 is 0 Å². The summed E-state index contributed by atoms with van der Waals surface area (Å²) in [6, 6.07) is 0.930. The summed E-state index contributed by atoms with van der Waals surface area (Å²) in [5.74, 6) is 0.687. The number of hydrogen-bond donors (Lipinski definition) is 2. The van der Waals surface area contributed by atoms with E-state index in [2.05, 4.69) is 26.1 Å². The van der Waals surface area contributed by atoms with Gasteiger partial charge in [0.05, 0.1) is 12.2 Å². The molecule has 2 fully saturated rings. The highest BCUT2D eigenvalue weighted by Crippen LogP contribution is 2.52. The van der Waals surface area contributed by atoms with Gasteiger partial charge in [-0.1, -0.05) is 13.8 Å². The Morgan fingerprint density at radius 2 is 2.12 bits per heavy atom. The van der Waals surface area contributed by atoms with Crippen molar-refractivity contribution in [2.75, 3.05) is 6.61 Å². The number of aliphatic hydroxyl groups excluding tert-OH is 1. The fraction of sp³-hybridized carbons (Fsp3) is 1.00. The highest BCUT2D eigenvalue weighted by atomic mass is 16.5. The van der Waals surface area contributed by atoms with E-state index in [-0.39, 0.29) is 11.5 Å². The molecule has 5 unspecified atom stereocenters. The molecule has 5 atom stereocenters. The molecule has 0 aromatic heterocycles. The first kappa shape index (κ1) is 12.3. The lowest BCUT2D eigenvalue weighted by Crippen LogP contribution is -2.67. The van der Waals surface area contributed by atoms with Crippen LogP contribution in [-0.2, 0) is 4.74 Å². The average molecular weight is 227 g/mol. The van der Waals surface area contributed by atoms with Crippen molar-refractivity contribution in [3.8, 4) is 0 Å². The Morgan fingerprint density at radius 3 is 2.75 bits per heavy atom. The molecular formula is C13H25NO2. The molecule has 2 rings (SSSR count). The fourth-order valence-electron chi connectivity index (χ4n) is 3.55. The second-order valence-corrected chi connectivity index (χ2v) is 6.20. The number of nitrogens with one attached hydrogen (secondary N) is 1. The van der Waals surface area contributed by atoms with E-state index in [9.17, 15) is 5.11 Å². The molecule has 0 amide bonds. The van der Waals surface area contributed by atoms with Crippen LogP contribution in [0.1, 0.15) is 40.5 Å². The van der Waals surface area contributed by atoms with Gasteiger partial charge in [0.15, 0.2) is 0 Å². The van der Waals surface area contributed by atoms with Crippen LogP contribution in [0.15, 0.2) is 0 Å². The molecular weight excluding hydrogens is 202 g/mol. The van der Waals surface area contributed by atoms with E-state index < -0.39 is 0 Å². The van der Waals surface area contributed by atoms with E-state index in [1.807, 2.05) is 6.92 Å². The summed E-state index contributed by atoms with van der Waals surface area (Å²) < 4.78 is 5.77. The van der Waals surface area contributed by atoms with Crippen LogP contribution in [0.25, 0.3) is 0 Å². The normalized spacial score (nSPS) is 39.9. The minimum atomic E-state index is -0.221. The molecule has 3 heteroatoms. The summed E-state index contributed by atoms with van der Waals surface area (Å²) in [7, 11) is 0. The van der Waals surface area contributed by atoms with Crippen LogP contribution >= 0.6 is 0 Å². The maximum atomic E-state index is 9.38. The van der Waals surface area contributed by atoms with E-state index in [0.717, 1.165) is 13.0 Å². The Balaban J connectivity index is 1.90. The Morgan fingerprint density at radius 1 is 1.44 bits per heavy atom. The van der Waals surface area contributed by atoms with Crippen LogP contribution in [0.3, 0.4) is 0 Å². The smallest absolute Gasteiger partial charge is 0.0685 e. The summed E-state index contributed by atoms with van der Waals surface area (Å²) in [6.07, 6.45) is 2.24. The van der Waals surface area contributed by atoms with Gasteiger partial charge in [-0.2, -0.15) is 0 Å². The fourth-order valence-corrected chi connectivity index (χ4v) is 3.55. The van der Waals surface area contributed by atoms with E-state index in [4.69, 9.17) is 4.74 Å². The van der Waals surface area contributed by atoms with Crippen molar-refractivity contribution in [2.24, 2.45) is 11.3 Å². The van der Waals surface area contributed by atoms with Gasteiger partial charge >= 0.3 is 0 Å². The summed E-state index contributed by atoms with van der Waals surface area (Å²) in [5.41, 5.74) is 0.244. The monoisotopic (exact) mass is 227 g/mol. The number of hydrogen-bond acceptors (Lipinski definition) is 3. The molecule has 0 radical (unpaired) electrons. The summed E-state index contributed by atoms with van der Waals surface area (Å²) in [5, 5.41) is 13.0. The number of aliphatic hydroxyl groups is 1. The number of rotatable bonds is 4. The maximum Gasteiger partial charge on any atom is 0.0685 e. The van der Waals surface area contributed by atoms with E-state index >= 15 is 0 Å². The number of fused-ring (bicyclic) bond motifs is 1. The zero-order valence-corrected chi connectivity index (χ0v) is 10.9. The quantitative estimate of drug-likeness (QED) is 0.765. The minimum absolute atomic E-state index is 0.221. The van der Waals surface area contributed by atoms with Crippen LogP contribution in [0.5, 0.6) is 0 Å². The first-order valence-electron chi connectivity index (χ1n) is 6.48. The van der Waals surface area contributed by atoms with Crippen LogP contribution in [-0.4, -0.2) is 36.0 Å².